The number of sulfonamides is 1. The van der Waals surface area contributed by atoms with E-state index in [0.717, 1.165) is 11.1 Å². The van der Waals surface area contributed by atoms with Crippen LogP contribution in [0.15, 0.2) is 77.7 Å². The molecule has 0 atom stereocenters. The molecule has 3 aromatic carbocycles. The van der Waals surface area contributed by atoms with Gasteiger partial charge >= 0.3 is 0 Å². The van der Waals surface area contributed by atoms with Gasteiger partial charge in [0.25, 0.3) is 10.0 Å². The normalized spacial score (nSPS) is 11.1. The molecule has 0 aliphatic carbocycles. The molecule has 0 aliphatic rings. The molecule has 1 amide bonds. The molecule has 0 fully saturated rings. The lowest BCUT2D eigenvalue weighted by Crippen LogP contribution is -2.38. The van der Waals surface area contributed by atoms with E-state index < -0.39 is 15.9 Å². The maximum Gasteiger partial charge on any atom is 0.264 e. The van der Waals surface area contributed by atoms with E-state index in [9.17, 15) is 13.2 Å². The number of anilines is 2. The topological polar surface area (TPSA) is 75.7 Å². The van der Waals surface area contributed by atoms with Gasteiger partial charge in [-0.1, -0.05) is 48.9 Å². The Morgan fingerprint density at radius 2 is 1.71 bits per heavy atom. The standard InChI is InChI=1S/C24H26N2O4S/c1-4-19-8-5-6-11-23(19)26(31(28,29)22-14-12-18(2)13-15-22)17-24(27)25-20-9-7-10-21(16-20)30-3/h5-16H,4,17H2,1-3H3,(H,25,27). The number of methoxy groups -OCH3 is 1. The number of rotatable bonds is 8. The minimum Gasteiger partial charge on any atom is -0.497 e. The molecule has 0 spiro atoms. The van der Waals surface area contributed by atoms with E-state index in [1.54, 1.807) is 67.8 Å². The van der Waals surface area contributed by atoms with Crippen LogP contribution in [0.1, 0.15) is 18.1 Å². The summed E-state index contributed by atoms with van der Waals surface area (Å²) in [6.45, 7) is 3.48. The first kappa shape index (κ1) is 22.4. The molecule has 0 radical (unpaired) electrons. The number of carbonyl (C=O) groups excluding carboxylic acids is 1. The van der Waals surface area contributed by atoms with Gasteiger partial charge in [-0.25, -0.2) is 8.42 Å². The van der Waals surface area contributed by atoms with Gasteiger partial charge in [0.15, 0.2) is 0 Å². The zero-order valence-electron chi connectivity index (χ0n) is 17.8. The van der Waals surface area contributed by atoms with Crippen LogP contribution in [-0.2, 0) is 21.2 Å². The number of amides is 1. The highest BCUT2D eigenvalue weighted by atomic mass is 32.2. The Kier molecular flexibility index (Phi) is 6.97. The molecule has 0 saturated heterocycles. The summed E-state index contributed by atoms with van der Waals surface area (Å²) in [6, 6.07) is 20.7. The van der Waals surface area contributed by atoms with E-state index >= 15 is 0 Å². The van der Waals surface area contributed by atoms with Crippen molar-refractivity contribution in [1.29, 1.82) is 0 Å². The zero-order chi connectivity index (χ0) is 22.4. The van der Waals surface area contributed by atoms with Crippen molar-refractivity contribution >= 4 is 27.3 Å². The second-order valence-corrected chi connectivity index (χ2v) is 8.95. The molecule has 3 rings (SSSR count). The largest absolute Gasteiger partial charge is 0.497 e. The molecule has 0 unspecified atom stereocenters. The lowest BCUT2D eigenvalue weighted by atomic mass is 10.1. The second kappa shape index (κ2) is 9.66. The van der Waals surface area contributed by atoms with Crippen molar-refractivity contribution in [2.75, 3.05) is 23.3 Å². The Balaban J connectivity index is 1.97. The van der Waals surface area contributed by atoms with Crippen molar-refractivity contribution in [3.8, 4) is 5.75 Å². The molecular formula is C24H26N2O4S. The lowest BCUT2D eigenvalue weighted by molar-refractivity contribution is -0.114. The van der Waals surface area contributed by atoms with Crippen LogP contribution in [0.3, 0.4) is 0 Å². The highest BCUT2D eigenvalue weighted by molar-refractivity contribution is 7.92. The quantitative estimate of drug-likeness (QED) is 0.566. The van der Waals surface area contributed by atoms with Gasteiger partial charge in [0, 0.05) is 11.8 Å². The maximum absolute atomic E-state index is 13.5. The van der Waals surface area contributed by atoms with Crippen molar-refractivity contribution in [3.63, 3.8) is 0 Å². The van der Waals surface area contributed by atoms with Gasteiger partial charge in [0.05, 0.1) is 17.7 Å². The predicted octanol–water partition coefficient (Wildman–Crippen LogP) is 4.40. The second-order valence-electron chi connectivity index (χ2n) is 7.09. The predicted molar refractivity (Wildman–Crippen MR) is 123 cm³/mol. The SMILES string of the molecule is CCc1ccccc1N(CC(=O)Nc1cccc(OC)c1)S(=O)(=O)c1ccc(C)cc1. The first-order chi connectivity index (χ1) is 14.8. The number of hydrogen-bond donors (Lipinski definition) is 1. The third-order valence-corrected chi connectivity index (χ3v) is 6.66. The van der Waals surface area contributed by atoms with Gasteiger partial charge in [-0.3, -0.25) is 9.10 Å². The summed E-state index contributed by atoms with van der Waals surface area (Å²) in [5.41, 5.74) is 2.81. The Morgan fingerprint density at radius 1 is 1.00 bits per heavy atom. The number of para-hydroxylation sites is 1. The van der Waals surface area contributed by atoms with Gasteiger partial charge < -0.3 is 10.1 Å². The smallest absolute Gasteiger partial charge is 0.264 e. The van der Waals surface area contributed by atoms with Crippen LogP contribution in [0, 0.1) is 6.92 Å². The van der Waals surface area contributed by atoms with Crippen molar-refractivity contribution in [1.82, 2.24) is 0 Å². The summed E-state index contributed by atoms with van der Waals surface area (Å²) in [5, 5.41) is 2.76. The van der Waals surface area contributed by atoms with Crippen LogP contribution in [0.25, 0.3) is 0 Å². The Morgan fingerprint density at radius 3 is 2.39 bits per heavy atom. The van der Waals surface area contributed by atoms with Crippen LogP contribution in [-0.4, -0.2) is 28.0 Å². The lowest BCUT2D eigenvalue weighted by Gasteiger charge is -2.26. The number of benzene rings is 3. The van der Waals surface area contributed by atoms with Gasteiger partial charge in [0.1, 0.15) is 12.3 Å². The van der Waals surface area contributed by atoms with E-state index in [2.05, 4.69) is 5.32 Å². The van der Waals surface area contributed by atoms with Crippen LogP contribution >= 0.6 is 0 Å². The molecule has 1 N–H and O–H groups in total. The first-order valence-corrected chi connectivity index (χ1v) is 11.4. The molecule has 0 saturated carbocycles. The number of hydrogen-bond acceptors (Lipinski definition) is 4. The van der Waals surface area contributed by atoms with E-state index in [4.69, 9.17) is 4.74 Å². The molecular weight excluding hydrogens is 412 g/mol. The third-order valence-electron chi connectivity index (χ3n) is 4.89. The van der Waals surface area contributed by atoms with Crippen LogP contribution in [0.5, 0.6) is 5.75 Å². The fraction of sp³-hybridized carbons (Fsp3) is 0.208. The van der Waals surface area contributed by atoms with E-state index in [1.165, 1.54) is 4.31 Å². The maximum atomic E-state index is 13.5. The highest BCUT2D eigenvalue weighted by Gasteiger charge is 2.28. The van der Waals surface area contributed by atoms with Crippen molar-refractivity contribution in [2.24, 2.45) is 0 Å². The van der Waals surface area contributed by atoms with Gasteiger partial charge in [-0.2, -0.15) is 0 Å². The molecule has 7 heteroatoms. The third kappa shape index (κ3) is 5.24. The van der Waals surface area contributed by atoms with E-state index in [1.807, 2.05) is 26.0 Å². The van der Waals surface area contributed by atoms with Gasteiger partial charge in [-0.15, -0.1) is 0 Å². The minimum atomic E-state index is -3.96. The highest BCUT2D eigenvalue weighted by Crippen LogP contribution is 2.28. The molecule has 31 heavy (non-hydrogen) atoms. The number of nitrogens with zero attached hydrogens (tertiary/aromatic N) is 1. The fourth-order valence-electron chi connectivity index (χ4n) is 3.22. The molecule has 162 valence electrons. The Bertz CT molecular complexity index is 1160. The summed E-state index contributed by atoms with van der Waals surface area (Å²) >= 11 is 0. The number of ether oxygens (including phenoxy) is 1. The number of aryl methyl sites for hydroxylation is 2. The van der Waals surface area contributed by atoms with Crippen LogP contribution in [0.2, 0.25) is 0 Å². The van der Waals surface area contributed by atoms with Gasteiger partial charge in [0.2, 0.25) is 5.91 Å². The molecule has 6 nitrogen and oxygen atoms in total. The summed E-state index contributed by atoms with van der Waals surface area (Å²) < 4.78 is 33.4. The van der Waals surface area contributed by atoms with Crippen LogP contribution < -0.4 is 14.4 Å². The summed E-state index contributed by atoms with van der Waals surface area (Å²) in [4.78, 5) is 13.0. The van der Waals surface area contributed by atoms with Crippen LogP contribution in [0.4, 0.5) is 11.4 Å². The average Bonchev–Trinajstić information content (AvgIpc) is 2.77. The van der Waals surface area contributed by atoms with Crippen molar-refractivity contribution < 1.29 is 17.9 Å². The van der Waals surface area contributed by atoms with E-state index in [0.29, 0.717) is 23.5 Å². The molecule has 0 bridgehead atoms. The van der Waals surface area contributed by atoms with Crippen molar-refractivity contribution in [2.45, 2.75) is 25.2 Å². The van der Waals surface area contributed by atoms with Gasteiger partial charge in [-0.05, 0) is 49.2 Å². The summed E-state index contributed by atoms with van der Waals surface area (Å²) in [6.07, 6.45) is 0.633. The Hall–Kier alpha value is -3.32. The number of carbonyl (C=O) groups is 1. The molecule has 0 aliphatic heterocycles. The summed E-state index contributed by atoms with van der Waals surface area (Å²) in [5.74, 6) is 0.146. The number of nitrogens with one attached hydrogen (secondary N) is 1. The van der Waals surface area contributed by atoms with E-state index in [-0.39, 0.29) is 11.4 Å². The fourth-order valence-corrected chi connectivity index (χ4v) is 4.68. The zero-order valence-corrected chi connectivity index (χ0v) is 18.6. The molecule has 0 heterocycles. The monoisotopic (exact) mass is 438 g/mol. The minimum absolute atomic E-state index is 0.137. The summed E-state index contributed by atoms with van der Waals surface area (Å²) in [7, 11) is -2.42. The molecule has 3 aromatic rings. The first-order valence-electron chi connectivity index (χ1n) is 9.96. The Labute approximate surface area is 183 Å². The van der Waals surface area contributed by atoms with Crippen molar-refractivity contribution in [3.05, 3.63) is 83.9 Å². The molecule has 0 aromatic heterocycles. The average molecular weight is 439 g/mol.